The van der Waals surface area contributed by atoms with Gasteiger partial charge in [-0.1, -0.05) is 72.4 Å². The van der Waals surface area contributed by atoms with Crippen LogP contribution in [0.25, 0.3) is 0 Å². The summed E-state index contributed by atoms with van der Waals surface area (Å²) in [6.45, 7) is 5.58. The second-order valence-electron chi connectivity index (χ2n) is 5.92. The Kier molecular flexibility index (Phi) is 5.27. The van der Waals surface area contributed by atoms with Crippen LogP contribution in [0.4, 0.5) is 0 Å². The molecule has 1 heterocycles. The number of rotatable bonds is 5. The Balaban J connectivity index is 2.10. The molecule has 126 valence electrons. The Morgan fingerprint density at radius 2 is 1.58 bits per heavy atom. The summed E-state index contributed by atoms with van der Waals surface area (Å²) in [5.41, 5.74) is 1.28. The van der Waals surface area contributed by atoms with Gasteiger partial charge in [0.15, 0.2) is 10.9 Å². The summed E-state index contributed by atoms with van der Waals surface area (Å²) in [6.07, 6.45) is 0. The minimum Gasteiger partial charge on any atom is -0.369 e. The fourth-order valence-corrected chi connectivity index (χ4v) is 4.75. The molecule has 1 aliphatic rings. The third-order valence-corrected chi connectivity index (χ3v) is 5.63. The van der Waals surface area contributed by atoms with Crippen molar-refractivity contribution in [2.75, 3.05) is 18.8 Å². The van der Waals surface area contributed by atoms with Gasteiger partial charge in [-0.15, -0.1) is 0 Å². The van der Waals surface area contributed by atoms with Gasteiger partial charge in [0.05, 0.1) is 5.92 Å². The molecule has 0 radical (unpaired) electrons. The Morgan fingerprint density at radius 1 is 1.04 bits per heavy atom. The zero-order valence-electron chi connectivity index (χ0n) is 14.2. The highest BCUT2D eigenvalue weighted by Crippen LogP contribution is 2.44. The van der Waals surface area contributed by atoms with Crippen molar-refractivity contribution in [2.24, 2.45) is 4.99 Å². The summed E-state index contributed by atoms with van der Waals surface area (Å²) >= 11 is 1.65. The molecule has 4 heteroatoms. The molecule has 0 spiro atoms. The molecule has 1 N–H and O–H groups in total. The average Bonchev–Trinajstić information content (AvgIpc) is 2.93. The van der Waals surface area contributed by atoms with Crippen molar-refractivity contribution in [2.45, 2.75) is 25.5 Å². The van der Waals surface area contributed by atoms with Gasteiger partial charge in [-0.3, -0.25) is 4.99 Å². The molecule has 3 rings (SSSR count). The van der Waals surface area contributed by atoms with Gasteiger partial charge in [-0.2, -0.15) is 0 Å². The first-order chi connectivity index (χ1) is 11.7. The third kappa shape index (κ3) is 3.08. The van der Waals surface area contributed by atoms with Crippen molar-refractivity contribution in [3.05, 3.63) is 71.8 Å². The van der Waals surface area contributed by atoms with Gasteiger partial charge >= 0.3 is 0 Å². The van der Waals surface area contributed by atoms with Crippen molar-refractivity contribution >= 4 is 16.9 Å². The first-order valence-electron chi connectivity index (χ1n) is 8.47. The SMILES string of the molecule is CCN=C1SCC(O)(C(c2ccccc2)c2ccccc2)N1CC. The van der Waals surface area contributed by atoms with Gasteiger partial charge in [-0.25, -0.2) is 0 Å². The van der Waals surface area contributed by atoms with Crippen molar-refractivity contribution in [3.63, 3.8) is 0 Å². The first kappa shape index (κ1) is 17.1. The Bertz CT molecular complexity index is 650. The zero-order chi connectivity index (χ0) is 17.0. The van der Waals surface area contributed by atoms with E-state index in [-0.39, 0.29) is 5.92 Å². The fraction of sp³-hybridized carbons (Fsp3) is 0.350. The van der Waals surface area contributed by atoms with E-state index in [9.17, 15) is 5.11 Å². The lowest BCUT2D eigenvalue weighted by atomic mass is 9.82. The van der Waals surface area contributed by atoms with Crippen LogP contribution in [0, 0.1) is 0 Å². The Hall–Kier alpha value is -1.78. The third-order valence-electron chi connectivity index (χ3n) is 4.45. The number of hydrogen-bond acceptors (Lipinski definition) is 3. The highest BCUT2D eigenvalue weighted by molar-refractivity contribution is 8.14. The fourth-order valence-electron chi connectivity index (χ4n) is 3.42. The lowest BCUT2D eigenvalue weighted by Crippen LogP contribution is -2.52. The number of hydrogen-bond donors (Lipinski definition) is 1. The maximum Gasteiger partial charge on any atom is 0.161 e. The summed E-state index contributed by atoms with van der Waals surface area (Å²) in [7, 11) is 0. The number of nitrogens with zero attached hydrogens (tertiary/aromatic N) is 2. The molecule has 2 aromatic carbocycles. The molecule has 0 saturated carbocycles. The van der Waals surface area contributed by atoms with E-state index in [1.165, 1.54) is 0 Å². The predicted molar refractivity (Wildman–Crippen MR) is 102 cm³/mol. The quantitative estimate of drug-likeness (QED) is 0.895. The van der Waals surface area contributed by atoms with Crippen LogP contribution in [0.1, 0.15) is 30.9 Å². The van der Waals surface area contributed by atoms with Gasteiger partial charge < -0.3 is 10.0 Å². The number of benzene rings is 2. The molecule has 24 heavy (non-hydrogen) atoms. The standard InChI is InChI=1S/C20H24N2OS/c1-3-21-19-22(4-2)20(23,15-24-19)18(16-11-7-5-8-12-16)17-13-9-6-10-14-17/h5-14,18,23H,3-4,15H2,1-2H3. The maximum absolute atomic E-state index is 11.7. The minimum atomic E-state index is -0.976. The number of thioether (sulfide) groups is 1. The second-order valence-corrected chi connectivity index (χ2v) is 6.87. The van der Waals surface area contributed by atoms with Crippen LogP contribution >= 0.6 is 11.8 Å². The number of aliphatic hydroxyl groups is 1. The molecule has 0 bridgehead atoms. The maximum atomic E-state index is 11.7. The highest BCUT2D eigenvalue weighted by Gasteiger charge is 2.49. The van der Waals surface area contributed by atoms with E-state index in [1.54, 1.807) is 11.8 Å². The minimum absolute atomic E-state index is 0.114. The monoisotopic (exact) mass is 340 g/mol. The summed E-state index contributed by atoms with van der Waals surface area (Å²) in [4.78, 5) is 6.65. The average molecular weight is 340 g/mol. The van der Waals surface area contributed by atoms with Crippen molar-refractivity contribution < 1.29 is 5.11 Å². The molecule has 2 aromatic rings. The van der Waals surface area contributed by atoms with Gasteiger partial charge in [0.2, 0.25) is 0 Å². The highest BCUT2D eigenvalue weighted by atomic mass is 32.2. The number of amidine groups is 1. The lowest BCUT2D eigenvalue weighted by molar-refractivity contribution is -0.0532. The summed E-state index contributed by atoms with van der Waals surface area (Å²) < 4.78 is 0. The molecule has 1 atom stereocenters. The molecule has 1 unspecified atom stereocenters. The summed E-state index contributed by atoms with van der Waals surface area (Å²) in [5.74, 6) is 0.505. The van der Waals surface area contributed by atoms with E-state index < -0.39 is 5.72 Å². The van der Waals surface area contributed by atoms with E-state index in [2.05, 4.69) is 41.1 Å². The van der Waals surface area contributed by atoms with E-state index in [0.717, 1.165) is 29.4 Å². The van der Waals surface area contributed by atoms with E-state index in [1.807, 2.05) is 43.3 Å². The molecule has 1 saturated heterocycles. The van der Waals surface area contributed by atoms with Gasteiger partial charge in [-0.05, 0) is 25.0 Å². The predicted octanol–water partition coefficient (Wildman–Crippen LogP) is 3.95. The Labute approximate surface area is 148 Å². The van der Waals surface area contributed by atoms with Crippen molar-refractivity contribution in [1.82, 2.24) is 4.90 Å². The normalized spacial score (nSPS) is 22.5. The zero-order valence-corrected chi connectivity index (χ0v) is 15.0. The van der Waals surface area contributed by atoms with Crippen LogP contribution < -0.4 is 0 Å². The second kappa shape index (κ2) is 7.41. The van der Waals surface area contributed by atoms with E-state index in [0.29, 0.717) is 5.75 Å². The van der Waals surface area contributed by atoms with Crippen molar-refractivity contribution in [3.8, 4) is 0 Å². The first-order valence-corrected chi connectivity index (χ1v) is 9.46. The molecular formula is C20H24N2OS. The van der Waals surface area contributed by atoms with Gasteiger partial charge in [0, 0.05) is 18.8 Å². The molecule has 0 amide bonds. The summed E-state index contributed by atoms with van der Waals surface area (Å²) in [5, 5.41) is 12.7. The van der Waals surface area contributed by atoms with Gasteiger partial charge in [0.1, 0.15) is 0 Å². The topological polar surface area (TPSA) is 35.8 Å². The van der Waals surface area contributed by atoms with Crippen LogP contribution in [0.5, 0.6) is 0 Å². The molecule has 1 aliphatic heterocycles. The lowest BCUT2D eigenvalue weighted by Gasteiger charge is -2.40. The number of likely N-dealkylation sites (N-methyl/N-ethyl adjacent to an activating group) is 1. The van der Waals surface area contributed by atoms with Gasteiger partial charge in [0.25, 0.3) is 0 Å². The largest absolute Gasteiger partial charge is 0.369 e. The molecule has 1 fully saturated rings. The molecular weight excluding hydrogens is 316 g/mol. The summed E-state index contributed by atoms with van der Waals surface area (Å²) in [6, 6.07) is 20.6. The van der Waals surface area contributed by atoms with E-state index >= 15 is 0 Å². The Morgan fingerprint density at radius 3 is 2.04 bits per heavy atom. The van der Waals surface area contributed by atoms with E-state index in [4.69, 9.17) is 0 Å². The van der Waals surface area contributed by atoms with Crippen LogP contribution in [-0.2, 0) is 0 Å². The number of aliphatic imine (C=N–C) groups is 1. The van der Waals surface area contributed by atoms with Crippen molar-refractivity contribution in [1.29, 1.82) is 0 Å². The van der Waals surface area contributed by atoms with Crippen LogP contribution in [0.3, 0.4) is 0 Å². The molecule has 0 aliphatic carbocycles. The molecule has 3 nitrogen and oxygen atoms in total. The van der Waals surface area contributed by atoms with Crippen LogP contribution in [0.15, 0.2) is 65.7 Å². The van der Waals surface area contributed by atoms with Crippen LogP contribution in [0.2, 0.25) is 0 Å². The van der Waals surface area contributed by atoms with Crippen LogP contribution in [-0.4, -0.2) is 39.7 Å². The molecule has 0 aromatic heterocycles. The smallest absolute Gasteiger partial charge is 0.161 e.